The van der Waals surface area contributed by atoms with Crippen molar-refractivity contribution in [3.8, 4) is 0 Å². The Labute approximate surface area is 121 Å². The van der Waals surface area contributed by atoms with Crippen LogP contribution in [0.25, 0.3) is 0 Å². The molecule has 0 saturated carbocycles. The molecule has 20 heavy (non-hydrogen) atoms. The lowest BCUT2D eigenvalue weighted by atomic mass is 9.88. The minimum atomic E-state index is -0.272. The summed E-state index contributed by atoms with van der Waals surface area (Å²) < 4.78 is 5.04. The molecule has 110 valence electrons. The number of pyridine rings is 1. The van der Waals surface area contributed by atoms with Crippen LogP contribution in [0.4, 0.5) is 5.69 Å². The van der Waals surface area contributed by atoms with E-state index in [2.05, 4.69) is 43.6 Å². The Morgan fingerprint density at radius 3 is 2.80 bits per heavy atom. The van der Waals surface area contributed by atoms with Gasteiger partial charge in [-0.25, -0.2) is 0 Å². The SMILES string of the molecule is CC(=O)OCc1cc2c(cn1)C(C)(C)CN2CC(C)C. The monoisotopic (exact) mass is 276 g/mol. The topological polar surface area (TPSA) is 42.4 Å². The summed E-state index contributed by atoms with van der Waals surface area (Å²) in [6, 6.07) is 2.06. The van der Waals surface area contributed by atoms with E-state index in [-0.39, 0.29) is 18.0 Å². The van der Waals surface area contributed by atoms with Crippen molar-refractivity contribution in [2.45, 2.75) is 46.6 Å². The highest BCUT2D eigenvalue weighted by Gasteiger charge is 2.35. The molecule has 0 fully saturated rings. The number of ether oxygens (including phenoxy) is 1. The number of rotatable bonds is 4. The Morgan fingerprint density at radius 2 is 2.20 bits per heavy atom. The summed E-state index contributed by atoms with van der Waals surface area (Å²) in [5, 5.41) is 0. The lowest BCUT2D eigenvalue weighted by molar-refractivity contribution is -0.142. The number of aromatic nitrogens is 1. The highest BCUT2D eigenvalue weighted by molar-refractivity contribution is 5.66. The van der Waals surface area contributed by atoms with Gasteiger partial charge in [-0.1, -0.05) is 27.7 Å². The van der Waals surface area contributed by atoms with Gasteiger partial charge in [-0.05, 0) is 12.0 Å². The van der Waals surface area contributed by atoms with Crippen molar-refractivity contribution in [2.24, 2.45) is 5.92 Å². The van der Waals surface area contributed by atoms with E-state index >= 15 is 0 Å². The smallest absolute Gasteiger partial charge is 0.303 e. The first kappa shape index (κ1) is 14.8. The maximum Gasteiger partial charge on any atom is 0.303 e. The minimum Gasteiger partial charge on any atom is -0.459 e. The third kappa shape index (κ3) is 3.11. The first-order valence-corrected chi connectivity index (χ1v) is 7.17. The van der Waals surface area contributed by atoms with Crippen molar-refractivity contribution in [3.05, 3.63) is 23.5 Å². The van der Waals surface area contributed by atoms with Crippen LogP contribution in [-0.4, -0.2) is 24.0 Å². The van der Waals surface area contributed by atoms with Gasteiger partial charge in [-0.15, -0.1) is 0 Å². The third-order valence-electron chi connectivity index (χ3n) is 3.60. The molecule has 0 unspecified atom stereocenters. The summed E-state index contributed by atoms with van der Waals surface area (Å²) in [5.41, 5.74) is 3.45. The predicted molar refractivity (Wildman–Crippen MR) is 79.8 cm³/mol. The molecule has 0 amide bonds. The van der Waals surface area contributed by atoms with E-state index in [0.717, 1.165) is 18.8 Å². The fraction of sp³-hybridized carbons (Fsp3) is 0.625. The first-order chi connectivity index (χ1) is 9.29. The largest absolute Gasteiger partial charge is 0.459 e. The van der Waals surface area contributed by atoms with Gasteiger partial charge in [0.15, 0.2) is 0 Å². The minimum absolute atomic E-state index is 0.122. The summed E-state index contributed by atoms with van der Waals surface area (Å²) in [7, 11) is 0. The van der Waals surface area contributed by atoms with Crippen LogP contribution < -0.4 is 4.90 Å². The van der Waals surface area contributed by atoms with Gasteiger partial charge in [-0.3, -0.25) is 9.78 Å². The van der Waals surface area contributed by atoms with Crippen molar-refractivity contribution in [2.75, 3.05) is 18.0 Å². The van der Waals surface area contributed by atoms with E-state index in [4.69, 9.17) is 4.74 Å². The Hall–Kier alpha value is -1.58. The maximum atomic E-state index is 10.9. The molecule has 4 nitrogen and oxygen atoms in total. The number of esters is 1. The van der Waals surface area contributed by atoms with Crippen molar-refractivity contribution in [3.63, 3.8) is 0 Å². The molecular weight excluding hydrogens is 252 g/mol. The molecule has 0 bridgehead atoms. The van der Waals surface area contributed by atoms with Gasteiger partial charge in [0.05, 0.1) is 5.69 Å². The second-order valence-electron chi connectivity index (χ2n) is 6.63. The van der Waals surface area contributed by atoms with Crippen LogP contribution in [0.5, 0.6) is 0 Å². The number of hydrogen-bond acceptors (Lipinski definition) is 4. The quantitative estimate of drug-likeness (QED) is 0.793. The molecular formula is C16H24N2O2. The van der Waals surface area contributed by atoms with E-state index in [0.29, 0.717) is 5.92 Å². The molecule has 0 aromatic carbocycles. The van der Waals surface area contributed by atoms with Crippen LogP contribution in [0.2, 0.25) is 0 Å². The number of fused-ring (bicyclic) bond motifs is 1. The van der Waals surface area contributed by atoms with Crippen molar-refractivity contribution in [1.29, 1.82) is 0 Å². The highest BCUT2D eigenvalue weighted by atomic mass is 16.5. The van der Waals surface area contributed by atoms with Gasteiger partial charge < -0.3 is 9.64 Å². The molecule has 2 rings (SSSR count). The summed E-state index contributed by atoms with van der Waals surface area (Å²) in [5.74, 6) is 0.341. The zero-order chi connectivity index (χ0) is 14.9. The summed E-state index contributed by atoms with van der Waals surface area (Å²) in [6.07, 6.45) is 1.94. The van der Waals surface area contributed by atoms with Gasteiger partial charge in [0.2, 0.25) is 0 Å². The van der Waals surface area contributed by atoms with E-state index in [1.807, 2.05) is 6.20 Å². The third-order valence-corrected chi connectivity index (χ3v) is 3.60. The zero-order valence-electron chi connectivity index (χ0n) is 13.1. The van der Waals surface area contributed by atoms with Crippen molar-refractivity contribution >= 4 is 11.7 Å². The molecule has 0 saturated heterocycles. The number of carbonyl (C=O) groups excluding carboxylic acids is 1. The second-order valence-corrected chi connectivity index (χ2v) is 6.63. The molecule has 4 heteroatoms. The Bertz CT molecular complexity index is 509. The molecule has 1 aliphatic heterocycles. The van der Waals surface area contributed by atoms with E-state index < -0.39 is 0 Å². The standard InChI is InChI=1S/C16H24N2O2/c1-11(2)8-18-10-16(4,5)14-7-17-13(6-15(14)18)9-20-12(3)19/h6-7,11H,8-10H2,1-5H3. The van der Waals surface area contributed by atoms with Crippen molar-refractivity contribution < 1.29 is 9.53 Å². The van der Waals surface area contributed by atoms with Gasteiger partial charge in [-0.2, -0.15) is 0 Å². The van der Waals surface area contributed by atoms with Crippen LogP contribution in [0.3, 0.4) is 0 Å². The predicted octanol–water partition coefficient (Wildman–Crippen LogP) is 2.90. The number of hydrogen-bond donors (Lipinski definition) is 0. The van der Waals surface area contributed by atoms with Crippen LogP contribution >= 0.6 is 0 Å². The number of nitrogens with zero attached hydrogens (tertiary/aromatic N) is 2. The summed E-state index contributed by atoms with van der Waals surface area (Å²) in [6.45, 7) is 12.7. The van der Waals surface area contributed by atoms with Crippen LogP contribution in [0.1, 0.15) is 45.9 Å². The Balaban J connectivity index is 2.27. The maximum absolute atomic E-state index is 10.9. The van der Waals surface area contributed by atoms with Gasteiger partial charge in [0, 0.05) is 42.9 Å². The van der Waals surface area contributed by atoms with E-state index in [1.54, 1.807) is 0 Å². The highest BCUT2D eigenvalue weighted by Crippen LogP contribution is 2.40. The molecule has 1 aliphatic rings. The molecule has 0 aliphatic carbocycles. The Kier molecular flexibility index (Phi) is 4.02. The molecule has 1 aromatic heterocycles. The summed E-state index contributed by atoms with van der Waals surface area (Å²) >= 11 is 0. The molecule has 0 atom stereocenters. The molecule has 1 aromatic rings. The molecule has 0 spiro atoms. The lowest BCUT2D eigenvalue weighted by Gasteiger charge is -2.24. The zero-order valence-corrected chi connectivity index (χ0v) is 13.1. The van der Waals surface area contributed by atoms with Crippen LogP contribution in [0, 0.1) is 5.92 Å². The fourth-order valence-corrected chi connectivity index (χ4v) is 2.78. The van der Waals surface area contributed by atoms with Crippen molar-refractivity contribution in [1.82, 2.24) is 4.98 Å². The molecule has 0 radical (unpaired) electrons. The first-order valence-electron chi connectivity index (χ1n) is 7.17. The van der Waals surface area contributed by atoms with Gasteiger partial charge in [0.25, 0.3) is 0 Å². The van der Waals surface area contributed by atoms with Crippen LogP contribution in [0.15, 0.2) is 12.3 Å². The fourth-order valence-electron chi connectivity index (χ4n) is 2.78. The lowest BCUT2D eigenvalue weighted by Crippen LogP contribution is -2.31. The molecule has 0 N–H and O–H groups in total. The molecule has 2 heterocycles. The van der Waals surface area contributed by atoms with E-state index in [1.165, 1.54) is 18.2 Å². The van der Waals surface area contributed by atoms with E-state index in [9.17, 15) is 4.79 Å². The summed E-state index contributed by atoms with van der Waals surface area (Å²) in [4.78, 5) is 17.7. The number of anilines is 1. The Morgan fingerprint density at radius 1 is 1.50 bits per heavy atom. The normalized spacial score (nSPS) is 16.4. The number of carbonyl (C=O) groups is 1. The van der Waals surface area contributed by atoms with Gasteiger partial charge >= 0.3 is 5.97 Å². The average molecular weight is 276 g/mol. The average Bonchev–Trinajstić information content (AvgIpc) is 2.57. The van der Waals surface area contributed by atoms with Gasteiger partial charge in [0.1, 0.15) is 6.61 Å². The van der Waals surface area contributed by atoms with Crippen LogP contribution in [-0.2, 0) is 21.6 Å². The second kappa shape index (κ2) is 5.43.